The van der Waals surface area contributed by atoms with Crippen LogP contribution < -0.4 is 4.18 Å². The molecule has 4 nitrogen and oxygen atoms in total. The minimum atomic E-state index is -3.80. The quantitative estimate of drug-likeness (QED) is 0.688. The summed E-state index contributed by atoms with van der Waals surface area (Å²) in [5.41, 5.74) is 5.22. The second kappa shape index (κ2) is 4.44. The van der Waals surface area contributed by atoms with Crippen molar-refractivity contribution in [3.63, 3.8) is 0 Å². The van der Waals surface area contributed by atoms with Crippen LogP contribution in [0.2, 0.25) is 0 Å². The van der Waals surface area contributed by atoms with Crippen molar-refractivity contribution in [1.29, 1.82) is 0 Å². The Bertz CT molecular complexity index is 823. The summed E-state index contributed by atoms with van der Waals surface area (Å²) in [4.78, 5) is 0. The van der Waals surface area contributed by atoms with Gasteiger partial charge < -0.3 is 4.18 Å². The third-order valence-corrected chi connectivity index (χ3v) is 6.44. The maximum absolute atomic E-state index is 11.5. The zero-order chi connectivity index (χ0) is 15.5. The summed E-state index contributed by atoms with van der Waals surface area (Å²) in [6, 6.07) is 3.85. The van der Waals surface area contributed by atoms with Crippen molar-refractivity contribution in [2.75, 3.05) is 0 Å². The van der Waals surface area contributed by atoms with E-state index in [1.807, 2.05) is 0 Å². The Balaban J connectivity index is 1.86. The largest absolute Gasteiger partial charge is 0.428 e. The number of rotatable bonds is 0. The van der Waals surface area contributed by atoms with E-state index in [0.29, 0.717) is 11.7 Å². The molecule has 0 unspecified atom stereocenters. The molecule has 4 rings (SSSR count). The van der Waals surface area contributed by atoms with Gasteiger partial charge >= 0.3 is 10.3 Å². The van der Waals surface area contributed by atoms with Gasteiger partial charge in [0.05, 0.1) is 6.21 Å². The summed E-state index contributed by atoms with van der Waals surface area (Å²) in [6.07, 6.45) is 8.10. The Hall–Kier alpha value is -1.62. The van der Waals surface area contributed by atoms with Crippen molar-refractivity contribution in [2.45, 2.75) is 45.4 Å². The van der Waals surface area contributed by atoms with Crippen LogP contribution in [0.3, 0.4) is 0 Å². The van der Waals surface area contributed by atoms with Crippen LogP contribution in [0.25, 0.3) is 0 Å². The number of allylic oxidation sites excluding steroid dienone is 2. The summed E-state index contributed by atoms with van der Waals surface area (Å²) in [5, 5.41) is 0. The Morgan fingerprint density at radius 2 is 2.18 bits per heavy atom. The zero-order valence-corrected chi connectivity index (χ0v) is 13.6. The topological polar surface area (TPSA) is 55.7 Å². The molecule has 0 radical (unpaired) electrons. The van der Waals surface area contributed by atoms with E-state index in [0.717, 1.165) is 31.2 Å². The molecule has 0 spiro atoms. The highest BCUT2D eigenvalue weighted by atomic mass is 32.2. The van der Waals surface area contributed by atoms with Crippen molar-refractivity contribution in [2.24, 2.45) is 9.81 Å². The predicted molar refractivity (Wildman–Crippen MR) is 85.7 cm³/mol. The van der Waals surface area contributed by atoms with Gasteiger partial charge in [-0.3, -0.25) is 0 Å². The minimum Gasteiger partial charge on any atom is -0.365 e. The van der Waals surface area contributed by atoms with Gasteiger partial charge in [0.15, 0.2) is 5.75 Å². The number of benzene rings is 1. The van der Waals surface area contributed by atoms with E-state index in [1.54, 1.807) is 11.6 Å². The lowest BCUT2D eigenvalue weighted by atomic mass is 9.64. The molecule has 1 saturated carbocycles. The SMILES string of the molecule is C/C=C1/CC[C@H]2c3ccc4c(c3CC[C@]12C)C=NS(=O)(=O)O4. The van der Waals surface area contributed by atoms with Crippen LogP contribution in [0.15, 0.2) is 28.2 Å². The standard InChI is InChI=1S/C17H19NO3S/c1-3-11-4-6-15-13-5-7-16-14(10-18-22(19,20)21-16)12(13)8-9-17(11,15)2/h3,5,7,10,15H,4,6,8-9H2,1-2H3/b11-3-/t15-,17+/m0/s1. The van der Waals surface area contributed by atoms with Crippen LogP contribution in [0.4, 0.5) is 0 Å². The molecule has 0 bridgehead atoms. The van der Waals surface area contributed by atoms with Gasteiger partial charge in [0.1, 0.15) is 0 Å². The Morgan fingerprint density at radius 1 is 1.36 bits per heavy atom. The van der Waals surface area contributed by atoms with Crippen LogP contribution in [0.5, 0.6) is 5.75 Å². The van der Waals surface area contributed by atoms with E-state index in [9.17, 15) is 8.42 Å². The average molecular weight is 317 g/mol. The van der Waals surface area contributed by atoms with Crippen molar-refractivity contribution in [3.05, 3.63) is 40.5 Å². The molecule has 2 atom stereocenters. The van der Waals surface area contributed by atoms with E-state index in [2.05, 4.69) is 30.4 Å². The van der Waals surface area contributed by atoms with Crippen LogP contribution in [0.1, 0.15) is 55.7 Å². The van der Waals surface area contributed by atoms with Gasteiger partial charge in [0.25, 0.3) is 0 Å². The summed E-state index contributed by atoms with van der Waals surface area (Å²) in [5.74, 6) is 0.932. The second-order valence-corrected chi connectivity index (χ2v) is 7.85. The fourth-order valence-electron chi connectivity index (χ4n) is 4.55. The summed E-state index contributed by atoms with van der Waals surface area (Å²) in [6.45, 7) is 4.51. The Kier molecular flexibility index (Phi) is 2.83. The van der Waals surface area contributed by atoms with E-state index in [4.69, 9.17) is 4.18 Å². The minimum absolute atomic E-state index is 0.245. The van der Waals surface area contributed by atoms with Crippen LogP contribution in [-0.4, -0.2) is 14.6 Å². The van der Waals surface area contributed by atoms with Crippen molar-refractivity contribution in [1.82, 2.24) is 0 Å². The van der Waals surface area contributed by atoms with Crippen LogP contribution in [0, 0.1) is 5.41 Å². The average Bonchev–Trinajstić information content (AvgIpc) is 2.82. The zero-order valence-electron chi connectivity index (χ0n) is 12.8. The van der Waals surface area contributed by atoms with Gasteiger partial charge in [-0.2, -0.15) is 8.42 Å². The summed E-state index contributed by atoms with van der Waals surface area (Å²) in [7, 11) is -3.80. The molecule has 2 aliphatic carbocycles. The first-order chi connectivity index (χ1) is 10.4. The second-order valence-electron chi connectivity index (χ2n) is 6.61. The van der Waals surface area contributed by atoms with Crippen molar-refractivity contribution < 1.29 is 12.6 Å². The highest BCUT2D eigenvalue weighted by molar-refractivity contribution is 7.86. The molecule has 3 aliphatic rings. The highest BCUT2D eigenvalue weighted by Gasteiger charge is 2.46. The molecular weight excluding hydrogens is 298 g/mol. The maximum atomic E-state index is 11.5. The fourth-order valence-corrected chi connectivity index (χ4v) is 5.20. The normalized spacial score (nSPS) is 33.0. The van der Waals surface area contributed by atoms with E-state index < -0.39 is 10.3 Å². The third kappa shape index (κ3) is 1.81. The highest BCUT2D eigenvalue weighted by Crippen LogP contribution is 2.59. The lowest BCUT2D eigenvalue weighted by molar-refractivity contribution is 0.305. The molecule has 1 heterocycles. The molecule has 0 saturated heterocycles. The molecule has 1 fully saturated rings. The summed E-state index contributed by atoms with van der Waals surface area (Å²) < 4.78 is 31.5. The first kappa shape index (κ1) is 14.0. The van der Waals surface area contributed by atoms with Gasteiger partial charge in [0.2, 0.25) is 0 Å². The molecule has 0 amide bonds. The molecule has 1 aromatic rings. The molecular formula is C17H19NO3S. The maximum Gasteiger partial charge on any atom is 0.428 e. The van der Waals surface area contributed by atoms with Gasteiger partial charge in [0, 0.05) is 5.56 Å². The Morgan fingerprint density at radius 3 is 2.95 bits per heavy atom. The van der Waals surface area contributed by atoms with Gasteiger partial charge in [-0.1, -0.05) is 24.6 Å². The van der Waals surface area contributed by atoms with E-state index in [-0.39, 0.29) is 5.41 Å². The van der Waals surface area contributed by atoms with Crippen LogP contribution in [-0.2, 0) is 16.7 Å². The lowest BCUT2D eigenvalue weighted by Gasteiger charge is -2.40. The third-order valence-electron chi connectivity index (χ3n) is 5.68. The molecule has 0 aromatic heterocycles. The van der Waals surface area contributed by atoms with E-state index in [1.165, 1.54) is 17.3 Å². The predicted octanol–water partition coefficient (Wildman–Crippen LogP) is 3.52. The fraction of sp³-hybridized carbons (Fsp3) is 0.471. The molecule has 22 heavy (non-hydrogen) atoms. The number of hydrogen-bond acceptors (Lipinski definition) is 3. The van der Waals surface area contributed by atoms with Gasteiger partial charge in [-0.25, -0.2) is 0 Å². The number of fused-ring (bicyclic) bond motifs is 5. The smallest absolute Gasteiger partial charge is 0.365 e. The van der Waals surface area contributed by atoms with Gasteiger partial charge in [-0.05, 0) is 61.1 Å². The lowest BCUT2D eigenvalue weighted by Crippen LogP contribution is -2.29. The van der Waals surface area contributed by atoms with Crippen molar-refractivity contribution >= 4 is 16.5 Å². The molecule has 5 heteroatoms. The summed E-state index contributed by atoms with van der Waals surface area (Å²) >= 11 is 0. The Labute approximate surface area is 131 Å². The number of nitrogens with zero attached hydrogens (tertiary/aromatic N) is 1. The molecule has 0 N–H and O–H groups in total. The first-order valence-electron chi connectivity index (χ1n) is 7.76. The first-order valence-corrected chi connectivity index (χ1v) is 9.12. The number of hydrogen-bond donors (Lipinski definition) is 0. The van der Waals surface area contributed by atoms with Crippen molar-refractivity contribution in [3.8, 4) is 5.75 Å². The molecule has 116 valence electrons. The monoisotopic (exact) mass is 317 g/mol. The molecule has 1 aromatic carbocycles. The molecule has 1 aliphatic heterocycles. The van der Waals surface area contributed by atoms with E-state index >= 15 is 0 Å². The van der Waals surface area contributed by atoms with Gasteiger partial charge in [-0.15, -0.1) is 4.40 Å². The van der Waals surface area contributed by atoms with Crippen LogP contribution >= 0.6 is 0 Å².